The molecule has 17 heavy (non-hydrogen) atoms. The molecule has 0 radical (unpaired) electrons. The lowest BCUT2D eigenvalue weighted by Gasteiger charge is -1.94. The van der Waals surface area contributed by atoms with Gasteiger partial charge >= 0.3 is 0 Å². The van der Waals surface area contributed by atoms with Gasteiger partial charge in [0.2, 0.25) is 0 Å². The Balaban J connectivity index is 1.81. The first kappa shape index (κ1) is 9.58. The number of aromatic nitrogens is 5. The van der Waals surface area contributed by atoms with E-state index in [1.54, 1.807) is 18.2 Å². The molecule has 0 aliphatic carbocycles. The highest BCUT2D eigenvalue weighted by atomic mass is 16.4. The molecule has 0 fully saturated rings. The number of rotatable bonds is 3. The van der Waals surface area contributed by atoms with Gasteiger partial charge in [-0.1, -0.05) is 5.21 Å². The van der Waals surface area contributed by atoms with Crippen molar-refractivity contribution in [1.29, 1.82) is 0 Å². The first-order valence-corrected chi connectivity index (χ1v) is 4.93. The molecule has 0 aliphatic heterocycles. The third-order valence-corrected chi connectivity index (χ3v) is 2.20. The average Bonchev–Trinajstić information content (AvgIpc) is 2.94. The Bertz CT molecular complexity index is 630. The molecule has 0 bridgehead atoms. The molecule has 0 amide bonds. The highest BCUT2D eigenvalue weighted by Crippen LogP contribution is 2.21. The van der Waals surface area contributed by atoms with Gasteiger partial charge in [0.15, 0.2) is 11.4 Å². The number of aromatic amines is 1. The summed E-state index contributed by atoms with van der Waals surface area (Å²) in [7, 11) is 0. The Kier molecular flexibility index (Phi) is 2.11. The van der Waals surface area contributed by atoms with E-state index in [-0.39, 0.29) is 0 Å². The molecule has 8 nitrogen and oxygen atoms in total. The van der Waals surface area contributed by atoms with E-state index in [0.717, 1.165) is 5.52 Å². The molecule has 0 unspecified atom stereocenters. The van der Waals surface area contributed by atoms with Crippen molar-refractivity contribution in [3.05, 3.63) is 24.0 Å². The maximum absolute atomic E-state index is 5.64. The molecular formula is C9H9N7O. The molecule has 2 aromatic heterocycles. The summed E-state index contributed by atoms with van der Waals surface area (Å²) in [5.41, 5.74) is 7.67. The van der Waals surface area contributed by atoms with E-state index in [4.69, 9.17) is 10.2 Å². The number of benzene rings is 1. The van der Waals surface area contributed by atoms with Crippen LogP contribution in [0, 0.1) is 0 Å². The number of nitrogens with two attached hydrogens (primary N) is 1. The quantitative estimate of drug-likeness (QED) is 0.562. The van der Waals surface area contributed by atoms with Gasteiger partial charge in [-0.2, -0.15) is 10.2 Å². The van der Waals surface area contributed by atoms with Crippen LogP contribution in [0.1, 0.15) is 5.82 Å². The van der Waals surface area contributed by atoms with Gasteiger partial charge in [-0.05, 0) is 12.1 Å². The van der Waals surface area contributed by atoms with Crippen LogP contribution < -0.4 is 11.1 Å². The van der Waals surface area contributed by atoms with Crippen molar-refractivity contribution in [2.75, 3.05) is 11.1 Å². The lowest BCUT2D eigenvalue weighted by molar-refractivity contribution is 0.613. The van der Waals surface area contributed by atoms with Gasteiger partial charge in [-0.15, -0.1) is 10.2 Å². The monoisotopic (exact) mass is 231 g/mol. The zero-order valence-electron chi connectivity index (χ0n) is 8.71. The number of H-pyrrole nitrogens is 1. The normalized spacial score (nSPS) is 10.8. The minimum Gasteiger partial charge on any atom is -0.423 e. The number of nitrogens with one attached hydrogen (secondary N) is 2. The third kappa shape index (κ3) is 1.87. The standard InChI is InChI=1S/C9H9N7O/c10-5-1-2-6-7(3-5)17-9(12-6)11-4-8-13-15-16-14-8/h1-3H,4,10H2,(H,11,12)(H,13,14,15,16). The van der Waals surface area contributed by atoms with Gasteiger partial charge in [-0.3, -0.25) is 0 Å². The van der Waals surface area contributed by atoms with E-state index in [0.29, 0.717) is 29.7 Å². The predicted molar refractivity (Wildman–Crippen MR) is 59.9 cm³/mol. The molecule has 3 aromatic rings. The number of fused-ring (bicyclic) bond motifs is 1. The summed E-state index contributed by atoms with van der Waals surface area (Å²) in [6.07, 6.45) is 0. The minimum atomic E-state index is 0.388. The Morgan fingerprint density at radius 3 is 3.18 bits per heavy atom. The molecule has 1 aromatic carbocycles. The third-order valence-electron chi connectivity index (χ3n) is 2.20. The number of oxazole rings is 1. The summed E-state index contributed by atoms with van der Waals surface area (Å²) in [4.78, 5) is 4.23. The van der Waals surface area contributed by atoms with Crippen LogP contribution in [-0.4, -0.2) is 25.6 Å². The average molecular weight is 231 g/mol. The second-order valence-corrected chi connectivity index (χ2v) is 3.43. The first-order valence-electron chi connectivity index (χ1n) is 4.93. The molecule has 2 heterocycles. The highest BCUT2D eigenvalue weighted by Gasteiger charge is 2.06. The second-order valence-electron chi connectivity index (χ2n) is 3.43. The van der Waals surface area contributed by atoms with Crippen molar-refractivity contribution in [3.63, 3.8) is 0 Å². The minimum absolute atomic E-state index is 0.388. The fourth-order valence-electron chi connectivity index (χ4n) is 1.43. The van der Waals surface area contributed by atoms with Crippen LogP contribution >= 0.6 is 0 Å². The van der Waals surface area contributed by atoms with Crippen LogP contribution in [0.3, 0.4) is 0 Å². The fourth-order valence-corrected chi connectivity index (χ4v) is 1.43. The smallest absolute Gasteiger partial charge is 0.296 e. The van der Waals surface area contributed by atoms with Crippen LogP contribution in [0.25, 0.3) is 11.1 Å². The molecule has 0 saturated carbocycles. The molecule has 86 valence electrons. The van der Waals surface area contributed by atoms with E-state index in [1.807, 2.05) is 0 Å². The summed E-state index contributed by atoms with van der Waals surface area (Å²) in [6.45, 7) is 0.388. The molecule has 0 aliphatic rings. The number of anilines is 2. The number of hydrogen-bond acceptors (Lipinski definition) is 7. The van der Waals surface area contributed by atoms with E-state index in [9.17, 15) is 0 Å². The number of hydrogen-bond donors (Lipinski definition) is 3. The van der Waals surface area contributed by atoms with Crippen LogP contribution in [0.4, 0.5) is 11.7 Å². The van der Waals surface area contributed by atoms with Crippen LogP contribution in [0.2, 0.25) is 0 Å². The van der Waals surface area contributed by atoms with E-state index in [2.05, 4.69) is 30.9 Å². The van der Waals surface area contributed by atoms with Gasteiger partial charge in [0, 0.05) is 11.8 Å². The zero-order chi connectivity index (χ0) is 11.7. The van der Waals surface area contributed by atoms with Crippen molar-refractivity contribution in [2.45, 2.75) is 6.54 Å². The Morgan fingerprint density at radius 1 is 1.41 bits per heavy atom. The summed E-state index contributed by atoms with van der Waals surface area (Å²) in [5.74, 6) is 0.534. The lowest BCUT2D eigenvalue weighted by Crippen LogP contribution is -2.01. The van der Waals surface area contributed by atoms with Gasteiger partial charge in [-0.25, -0.2) is 0 Å². The molecule has 0 atom stereocenters. The Morgan fingerprint density at radius 2 is 2.35 bits per heavy atom. The summed E-state index contributed by atoms with van der Waals surface area (Å²) in [6, 6.07) is 5.69. The number of tetrazole rings is 1. The fraction of sp³-hybridized carbons (Fsp3) is 0.111. The van der Waals surface area contributed by atoms with Crippen molar-refractivity contribution in [2.24, 2.45) is 0 Å². The van der Waals surface area contributed by atoms with Crippen molar-refractivity contribution >= 4 is 22.8 Å². The summed E-state index contributed by atoms with van der Waals surface area (Å²) < 4.78 is 5.46. The predicted octanol–water partition coefficient (Wildman–Crippen LogP) is 0.535. The van der Waals surface area contributed by atoms with E-state index >= 15 is 0 Å². The van der Waals surface area contributed by atoms with Crippen molar-refractivity contribution in [3.8, 4) is 0 Å². The van der Waals surface area contributed by atoms with Crippen LogP contribution in [-0.2, 0) is 6.54 Å². The lowest BCUT2D eigenvalue weighted by atomic mass is 10.3. The summed E-state index contributed by atoms with van der Waals surface area (Å²) >= 11 is 0. The Labute approximate surface area is 95.2 Å². The van der Waals surface area contributed by atoms with Crippen LogP contribution in [0.15, 0.2) is 22.6 Å². The largest absolute Gasteiger partial charge is 0.423 e. The molecule has 0 saturated heterocycles. The van der Waals surface area contributed by atoms with Gasteiger partial charge < -0.3 is 15.5 Å². The second kappa shape index (κ2) is 3.74. The highest BCUT2D eigenvalue weighted by molar-refractivity contribution is 5.77. The Hall–Kier alpha value is -2.64. The molecule has 8 heteroatoms. The zero-order valence-corrected chi connectivity index (χ0v) is 8.71. The van der Waals surface area contributed by atoms with Crippen LogP contribution in [0.5, 0.6) is 0 Å². The number of nitrogen functional groups attached to an aromatic ring is 1. The molecular weight excluding hydrogens is 222 g/mol. The SMILES string of the molecule is Nc1ccc2nc(NCc3nn[nH]n3)oc2c1. The topological polar surface area (TPSA) is 119 Å². The van der Waals surface area contributed by atoms with Gasteiger partial charge in [0.05, 0.1) is 6.54 Å². The van der Waals surface area contributed by atoms with Crippen molar-refractivity contribution < 1.29 is 4.42 Å². The van der Waals surface area contributed by atoms with Gasteiger partial charge in [0.1, 0.15) is 5.52 Å². The van der Waals surface area contributed by atoms with E-state index in [1.165, 1.54) is 0 Å². The molecule has 3 rings (SSSR count). The first-order chi connectivity index (χ1) is 8.31. The number of nitrogens with zero attached hydrogens (tertiary/aromatic N) is 4. The maximum atomic E-state index is 5.64. The van der Waals surface area contributed by atoms with Gasteiger partial charge in [0.25, 0.3) is 6.01 Å². The molecule has 0 spiro atoms. The maximum Gasteiger partial charge on any atom is 0.296 e. The molecule has 4 N–H and O–H groups in total. The summed E-state index contributed by atoms with van der Waals surface area (Å²) in [5, 5.41) is 16.4. The van der Waals surface area contributed by atoms with Crippen molar-refractivity contribution in [1.82, 2.24) is 25.6 Å². The van der Waals surface area contributed by atoms with E-state index < -0.39 is 0 Å².